The highest BCUT2D eigenvalue weighted by Crippen LogP contribution is 2.27. The van der Waals surface area contributed by atoms with Crippen molar-refractivity contribution in [1.29, 1.82) is 0 Å². The molecule has 0 aliphatic carbocycles. The maximum atomic E-state index is 13.3. The van der Waals surface area contributed by atoms with Crippen LogP contribution in [-0.4, -0.2) is 35.1 Å². The predicted octanol–water partition coefficient (Wildman–Crippen LogP) is 6.26. The summed E-state index contributed by atoms with van der Waals surface area (Å²) in [7, 11) is 0. The van der Waals surface area contributed by atoms with E-state index in [2.05, 4.69) is 31.3 Å². The molecule has 2 aromatic carbocycles. The van der Waals surface area contributed by atoms with Crippen molar-refractivity contribution in [3.05, 3.63) is 69.2 Å². The molecule has 4 nitrogen and oxygen atoms in total. The number of nitrogens with zero attached hydrogens (tertiary/aromatic N) is 1. The fourth-order valence-electron chi connectivity index (χ4n) is 3.38. The van der Waals surface area contributed by atoms with Gasteiger partial charge in [-0.25, -0.2) is 0 Å². The molecule has 174 valence electrons. The summed E-state index contributed by atoms with van der Waals surface area (Å²) in [6.45, 7) is 6.85. The highest BCUT2D eigenvalue weighted by atomic mass is 35.5. The maximum Gasteiger partial charge on any atom is 0.242 e. The summed E-state index contributed by atoms with van der Waals surface area (Å²) >= 11 is 14.3. The maximum absolute atomic E-state index is 13.3. The van der Waals surface area contributed by atoms with Gasteiger partial charge in [0.15, 0.2) is 0 Å². The van der Waals surface area contributed by atoms with Crippen LogP contribution in [-0.2, 0) is 21.9 Å². The van der Waals surface area contributed by atoms with Crippen molar-refractivity contribution in [2.75, 3.05) is 12.3 Å². The van der Waals surface area contributed by atoms with Gasteiger partial charge in [0.1, 0.15) is 6.04 Å². The fourth-order valence-corrected chi connectivity index (χ4v) is 4.89. The van der Waals surface area contributed by atoms with E-state index in [9.17, 15) is 9.59 Å². The molecule has 0 aromatic heterocycles. The smallest absolute Gasteiger partial charge is 0.242 e. The van der Waals surface area contributed by atoms with E-state index < -0.39 is 6.04 Å². The second-order valence-corrected chi connectivity index (χ2v) is 9.51. The number of carbonyl (C=O) groups excluding carboxylic acids is 2. The molecule has 0 saturated carbocycles. The number of benzene rings is 2. The van der Waals surface area contributed by atoms with E-state index in [1.807, 2.05) is 19.1 Å². The molecule has 0 saturated heterocycles. The molecule has 0 aliphatic rings. The van der Waals surface area contributed by atoms with E-state index in [1.54, 1.807) is 34.9 Å². The summed E-state index contributed by atoms with van der Waals surface area (Å²) < 4.78 is 0. The SMILES string of the molecule is CCCCNC(=O)C(CC)N(Cc1c(Cl)cccc1Cl)C(=O)CSCc1ccccc1C. The zero-order valence-electron chi connectivity index (χ0n) is 19.0. The van der Waals surface area contributed by atoms with Crippen molar-refractivity contribution in [1.82, 2.24) is 10.2 Å². The van der Waals surface area contributed by atoms with Crippen LogP contribution in [0, 0.1) is 6.92 Å². The van der Waals surface area contributed by atoms with Gasteiger partial charge in [-0.05, 0) is 43.0 Å². The first-order valence-electron chi connectivity index (χ1n) is 11.0. The van der Waals surface area contributed by atoms with Crippen molar-refractivity contribution in [2.24, 2.45) is 0 Å². The Morgan fingerprint density at radius 2 is 1.75 bits per heavy atom. The minimum absolute atomic E-state index is 0.0999. The van der Waals surface area contributed by atoms with Crippen LogP contribution in [0.3, 0.4) is 0 Å². The monoisotopic (exact) mass is 494 g/mol. The van der Waals surface area contributed by atoms with E-state index >= 15 is 0 Å². The van der Waals surface area contributed by atoms with Gasteiger partial charge in [-0.3, -0.25) is 9.59 Å². The van der Waals surface area contributed by atoms with Crippen molar-refractivity contribution < 1.29 is 9.59 Å². The van der Waals surface area contributed by atoms with Gasteiger partial charge in [-0.1, -0.05) is 73.8 Å². The average molecular weight is 496 g/mol. The molecule has 0 bridgehead atoms. The summed E-state index contributed by atoms with van der Waals surface area (Å²) in [6.07, 6.45) is 2.40. The lowest BCUT2D eigenvalue weighted by atomic mass is 10.1. The molecule has 0 fully saturated rings. The molecule has 0 spiro atoms. The van der Waals surface area contributed by atoms with Crippen LogP contribution < -0.4 is 5.32 Å². The first-order valence-corrected chi connectivity index (χ1v) is 12.9. The Morgan fingerprint density at radius 1 is 1.06 bits per heavy atom. The van der Waals surface area contributed by atoms with Crippen molar-refractivity contribution in [2.45, 2.75) is 58.4 Å². The highest BCUT2D eigenvalue weighted by Gasteiger charge is 2.29. The van der Waals surface area contributed by atoms with Crippen molar-refractivity contribution in [3.63, 3.8) is 0 Å². The number of nitrogens with one attached hydrogen (secondary N) is 1. The predicted molar refractivity (Wildman–Crippen MR) is 136 cm³/mol. The molecular weight excluding hydrogens is 463 g/mol. The van der Waals surface area contributed by atoms with Crippen molar-refractivity contribution in [3.8, 4) is 0 Å². The summed E-state index contributed by atoms with van der Waals surface area (Å²) in [6, 6.07) is 12.8. The first-order chi connectivity index (χ1) is 15.4. The molecule has 2 aromatic rings. The third-order valence-corrected chi connectivity index (χ3v) is 7.02. The van der Waals surface area contributed by atoms with Crippen LogP contribution >= 0.6 is 35.0 Å². The third kappa shape index (κ3) is 7.72. The van der Waals surface area contributed by atoms with Gasteiger partial charge in [0.25, 0.3) is 0 Å². The van der Waals surface area contributed by atoms with Gasteiger partial charge in [0.05, 0.1) is 5.75 Å². The van der Waals surface area contributed by atoms with E-state index in [1.165, 1.54) is 11.1 Å². The Balaban J connectivity index is 2.18. The topological polar surface area (TPSA) is 49.4 Å². The summed E-state index contributed by atoms with van der Waals surface area (Å²) in [5.74, 6) is 0.770. The molecule has 7 heteroatoms. The zero-order valence-corrected chi connectivity index (χ0v) is 21.3. The summed E-state index contributed by atoms with van der Waals surface area (Å²) in [4.78, 5) is 27.9. The Kier molecular flexibility index (Phi) is 11.4. The van der Waals surface area contributed by atoms with Crippen LogP contribution in [0.1, 0.15) is 49.8 Å². The van der Waals surface area contributed by atoms with Crippen LogP contribution in [0.5, 0.6) is 0 Å². The molecule has 1 unspecified atom stereocenters. The van der Waals surface area contributed by atoms with Crippen LogP contribution in [0.4, 0.5) is 0 Å². The van der Waals surface area contributed by atoms with E-state index in [0.29, 0.717) is 28.6 Å². The quantitative estimate of drug-likeness (QED) is 0.354. The minimum atomic E-state index is -0.578. The molecule has 0 aliphatic heterocycles. The number of hydrogen-bond acceptors (Lipinski definition) is 3. The molecule has 0 radical (unpaired) electrons. The fraction of sp³-hybridized carbons (Fsp3) is 0.440. The van der Waals surface area contributed by atoms with E-state index in [0.717, 1.165) is 18.6 Å². The second-order valence-electron chi connectivity index (χ2n) is 7.71. The van der Waals surface area contributed by atoms with E-state index in [-0.39, 0.29) is 24.1 Å². The summed E-state index contributed by atoms with van der Waals surface area (Å²) in [5.41, 5.74) is 3.07. The third-order valence-electron chi connectivity index (χ3n) is 5.35. The van der Waals surface area contributed by atoms with Gasteiger partial charge in [-0.15, -0.1) is 11.8 Å². The molecule has 1 N–H and O–H groups in total. The molecule has 32 heavy (non-hydrogen) atoms. The molecule has 0 heterocycles. The first kappa shape index (κ1) is 26.6. The number of aryl methyl sites for hydroxylation is 1. The van der Waals surface area contributed by atoms with Gasteiger partial charge >= 0.3 is 0 Å². The average Bonchev–Trinajstić information content (AvgIpc) is 2.77. The van der Waals surface area contributed by atoms with Gasteiger partial charge in [0, 0.05) is 34.5 Å². The molecule has 1 atom stereocenters. The number of amides is 2. The van der Waals surface area contributed by atoms with Gasteiger partial charge in [0.2, 0.25) is 11.8 Å². The van der Waals surface area contributed by atoms with Crippen LogP contribution in [0.2, 0.25) is 10.0 Å². The molecular formula is C25H32Cl2N2O2S. The number of halogens is 2. The standard InChI is InChI=1S/C25H32Cl2N2O2S/c1-4-6-14-28-25(31)23(5-2)29(15-20-21(26)12-9-13-22(20)27)24(30)17-32-16-19-11-8-7-10-18(19)3/h7-13,23H,4-6,14-17H2,1-3H3,(H,28,31). The highest BCUT2D eigenvalue weighted by molar-refractivity contribution is 7.99. The molecule has 2 rings (SSSR count). The van der Waals surface area contributed by atoms with Crippen LogP contribution in [0.25, 0.3) is 0 Å². The lowest BCUT2D eigenvalue weighted by Gasteiger charge is -2.31. The number of unbranched alkanes of at least 4 members (excludes halogenated alkanes) is 1. The lowest BCUT2D eigenvalue weighted by Crippen LogP contribution is -2.49. The zero-order chi connectivity index (χ0) is 23.5. The van der Waals surface area contributed by atoms with Crippen molar-refractivity contribution >= 4 is 46.8 Å². The Morgan fingerprint density at radius 3 is 2.38 bits per heavy atom. The summed E-state index contributed by atoms with van der Waals surface area (Å²) in [5, 5.41) is 3.95. The van der Waals surface area contributed by atoms with Crippen LogP contribution in [0.15, 0.2) is 42.5 Å². The number of hydrogen-bond donors (Lipinski definition) is 1. The Labute approximate surface area is 206 Å². The number of thioether (sulfide) groups is 1. The second kappa shape index (κ2) is 13.8. The normalized spacial score (nSPS) is 11.8. The lowest BCUT2D eigenvalue weighted by molar-refractivity contribution is -0.139. The largest absolute Gasteiger partial charge is 0.354 e. The molecule has 2 amide bonds. The van der Waals surface area contributed by atoms with E-state index in [4.69, 9.17) is 23.2 Å². The number of rotatable bonds is 12. The Hall–Kier alpha value is -1.69. The number of carbonyl (C=O) groups is 2. The Bertz CT molecular complexity index is 887. The minimum Gasteiger partial charge on any atom is -0.354 e. The van der Waals surface area contributed by atoms with Gasteiger partial charge < -0.3 is 10.2 Å². The van der Waals surface area contributed by atoms with Gasteiger partial charge in [-0.2, -0.15) is 0 Å².